The molecule has 2 aliphatic rings. The van der Waals surface area contributed by atoms with E-state index in [1.807, 2.05) is 30.3 Å². The van der Waals surface area contributed by atoms with Gasteiger partial charge in [0.05, 0.1) is 18.5 Å². The van der Waals surface area contributed by atoms with E-state index in [1.54, 1.807) is 25.2 Å². The van der Waals surface area contributed by atoms with Gasteiger partial charge in [-0.2, -0.15) is 0 Å². The summed E-state index contributed by atoms with van der Waals surface area (Å²) >= 11 is 0. The van der Waals surface area contributed by atoms with Gasteiger partial charge in [0, 0.05) is 65.0 Å². The highest BCUT2D eigenvalue weighted by Gasteiger charge is 2.37. The van der Waals surface area contributed by atoms with Gasteiger partial charge in [-0.3, -0.25) is 9.59 Å². The molecule has 1 aromatic carbocycles. The van der Waals surface area contributed by atoms with Crippen molar-refractivity contribution in [1.82, 2.24) is 35.3 Å². The molecule has 2 heterocycles. The predicted octanol–water partition coefficient (Wildman–Crippen LogP) is 3.74. The summed E-state index contributed by atoms with van der Waals surface area (Å²) in [5.41, 5.74) is 1.46. The third-order valence-electron chi connectivity index (χ3n) is 10.1. The summed E-state index contributed by atoms with van der Waals surface area (Å²) in [6.45, 7) is 5.44. The number of rotatable bonds is 15. The van der Waals surface area contributed by atoms with Crippen LogP contribution in [0.1, 0.15) is 76.5 Å². The van der Waals surface area contributed by atoms with Crippen LogP contribution >= 0.6 is 0 Å². The molecule has 1 saturated heterocycles. The molecule has 1 aliphatic carbocycles. The van der Waals surface area contributed by atoms with Gasteiger partial charge in [0.15, 0.2) is 6.10 Å². The highest BCUT2D eigenvalue weighted by atomic mass is 16.6. The van der Waals surface area contributed by atoms with Crippen molar-refractivity contribution in [2.75, 3.05) is 40.3 Å². The first-order chi connectivity index (χ1) is 24.0. The Morgan fingerprint density at radius 3 is 2.30 bits per heavy atom. The summed E-state index contributed by atoms with van der Waals surface area (Å²) in [4.78, 5) is 65.8. The number of carbonyl (C=O) groups is 4. The minimum absolute atomic E-state index is 0.116. The average Bonchev–Trinajstić information content (AvgIpc) is 3.65. The number of piperazine rings is 1. The van der Waals surface area contributed by atoms with Crippen molar-refractivity contribution in [3.05, 3.63) is 54.1 Å². The fraction of sp³-hybridized carbons (Fsp3) is 0.649. The first kappa shape index (κ1) is 38.7. The zero-order chi connectivity index (χ0) is 36.0. The van der Waals surface area contributed by atoms with E-state index in [0.717, 1.165) is 37.7 Å². The van der Waals surface area contributed by atoms with Crippen LogP contribution in [-0.2, 0) is 27.2 Å². The number of aliphatic hydroxyl groups excluding tert-OH is 1. The number of hydrogen-bond donors (Lipinski definition) is 4. The lowest BCUT2D eigenvalue weighted by Gasteiger charge is -2.36. The normalized spacial score (nSPS) is 17.8. The molecule has 13 nitrogen and oxygen atoms in total. The van der Waals surface area contributed by atoms with Crippen LogP contribution in [0.5, 0.6) is 0 Å². The van der Waals surface area contributed by atoms with E-state index in [0.29, 0.717) is 43.5 Å². The minimum Gasteiger partial charge on any atom is -0.436 e. The van der Waals surface area contributed by atoms with Crippen molar-refractivity contribution in [1.29, 1.82) is 0 Å². The third-order valence-corrected chi connectivity index (χ3v) is 10.1. The number of aromatic amines is 1. The van der Waals surface area contributed by atoms with Crippen LogP contribution in [0.15, 0.2) is 42.9 Å². The predicted molar refractivity (Wildman–Crippen MR) is 190 cm³/mol. The van der Waals surface area contributed by atoms with Gasteiger partial charge in [-0.25, -0.2) is 14.6 Å². The molecular weight excluding hydrogens is 638 g/mol. The number of urea groups is 1. The number of amides is 5. The Balaban J connectivity index is 1.54. The van der Waals surface area contributed by atoms with E-state index >= 15 is 0 Å². The Bertz CT molecular complexity index is 1340. The average molecular weight is 696 g/mol. The van der Waals surface area contributed by atoms with Crippen molar-refractivity contribution in [2.45, 2.75) is 102 Å². The number of H-pyrrole nitrogens is 1. The zero-order valence-corrected chi connectivity index (χ0v) is 30.2. The molecule has 1 saturated carbocycles. The number of aliphatic hydroxyl groups is 1. The van der Waals surface area contributed by atoms with Crippen LogP contribution in [0.25, 0.3) is 0 Å². The van der Waals surface area contributed by atoms with Gasteiger partial charge in [-0.15, -0.1) is 0 Å². The Kier molecular flexibility index (Phi) is 14.9. The number of benzene rings is 1. The van der Waals surface area contributed by atoms with Gasteiger partial charge < -0.3 is 40.2 Å². The zero-order valence-electron chi connectivity index (χ0n) is 30.2. The Hall–Kier alpha value is -4.13. The second kappa shape index (κ2) is 19.3. The van der Waals surface area contributed by atoms with Crippen molar-refractivity contribution < 1.29 is 29.0 Å². The lowest BCUT2D eigenvalue weighted by Crippen LogP contribution is -2.57. The smallest absolute Gasteiger partial charge is 0.410 e. The molecule has 1 aliphatic heterocycles. The van der Waals surface area contributed by atoms with Crippen LogP contribution in [0.4, 0.5) is 9.59 Å². The summed E-state index contributed by atoms with van der Waals surface area (Å²) in [5, 5.41) is 17.1. The molecular formula is C37H57N7O6. The molecule has 50 heavy (non-hydrogen) atoms. The summed E-state index contributed by atoms with van der Waals surface area (Å²) in [6.07, 6.45) is 8.59. The van der Waals surface area contributed by atoms with Gasteiger partial charge >= 0.3 is 12.1 Å². The van der Waals surface area contributed by atoms with E-state index in [4.69, 9.17) is 4.74 Å². The maximum atomic E-state index is 14.3. The number of nitrogens with one attached hydrogen (secondary N) is 3. The van der Waals surface area contributed by atoms with Crippen molar-refractivity contribution in [2.24, 2.45) is 11.8 Å². The first-order valence-electron chi connectivity index (χ1n) is 18.2. The van der Waals surface area contributed by atoms with Crippen molar-refractivity contribution >= 4 is 23.9 Å². The molecule has 3 unspecified atom stereocenters. The van der Waals surface area contributed by atoms with Crippen LogP contribution in [0, 0.1) is 11.8 Å². The lowest BCUT2D eigenvalue weighted by molar-refractivity contribution is -0.146. The Morgan fingerprint density at radius 2 is 1.68 bits per heavy atom. The van der Waals surface area contributed by atoms with E-state index in [2.05, 4.69) is 34.4 Å². The maximum Gasteiger partial charge on any atom is 0.410 e. The van der Waals surface area contributed by atoms with Crippen LogP contribution in [0.3, 0.4) is 0 Å². The number of likely N-dealkylation sites (N-methyl/N-ethyl adjacent to an activating group) is 1. The van der Waals surface area contributed by atoms with Gasteiger partial charge in [0.1, 0.15) is 6.04 Å². The monoisotopic (exact) mass is 695 g/mol. The number of carbonyl (C=O) groups excluding carboxylic acids is 4. The summed E-state index contributed by atoms with van der Waals surface area (Å²) in [6, 6.07) is 7.66. The van der Waals surface area contributed by atoms with Gasteiger partial charge in [-0.05, 0) is 36.7 Å². The highest BCUT2D eigenvalue weighted by molar-refractivity contribution is 5.90. The molecule has 4 N–H and O–H groups in total. The summed E-state index contributed by atoms with van der Waals surface area (Å²) < 4.78 is 5.92. The largest absolute Gasteiger partial charge is 0.436 e. The number of aromatic nitrogens is 2. The number of ether oxygens (including phenoxy) is 1. The number of nitrogens with zero attached hydrogens (tertiary/aromatic N) is 4. The molecule has 0 bridgehead atoms. The van der Waals surface area contributed by atoms with Gasteiger partial charge in [-0.1, -0.05) is 76.3 Å². The second-order valence-electron chi connectivity index (χ2n) is 14.2. The first-order valence-corrected chi connectivity index (χ1v) is 18.2. The Morgan fingerprint density at radius 1 is 1.00 bits per heavy atom. The van der Waals surface area contributed by atoms with E-state index in [1.165, 1.54) is 22.5 Å². The van der Waals surface area contributed by atoms with E-state index in [9.17, 15) is 24.3 Å². The molecule has 2 aromatic rings. The SMILES string of the molecule is CNC(=O)N1CCN(C(=O)OC(Cc2ccccc2)C(=O)N(C)[C@@H](Cc2cnc[nH]2)C(=O)NC(CC2CCCCC2)C(O)CCC(C)C)CC1. The molecule has 4 rings (SSSR count). The number of imidazole rings is 1. The molecule has 0 spiro atoms. The molecule has 2 fully saturated rings. The number of hydrogen-bond acceptors (Lipinski definition) is 7. The van der Waals surface area contributed by atoms with Crippen molar-refractivity contribution in [3.8, 4) is 0 Å². The van der Waals surface area contributed by atoms with Crippen LogP contribution in [0.2, 0.25) is 0 Å². The standard InChI is InChI=1S/C37H57N7O6/c1-26(2)15-16-32(45)30(21-27-11-7-5-8-12-27)41-34(46)31(23-29-24-39-25-40-29)42(4)35(47)33(22-28-13-9-6-10-14-28)50-37(49)44-19-17-43(18-20-44)36(48)38-3/h6,9-10,13-14,24-27,30-33,45H,5,7-8,11-12,15-23H2,1-4H3,(H,38,48)(H,39,40)(H,41,46)/t30?,31-,32?,33?/m0/s1. The van der Waals surface area contributed by atoms with Gasteiger partial charge in [0.2, 0.25) is 5.91 Å². The fourth-order valence-corrected chi connectivity index (χ4v) is 6.92. The lowest BCUT2D eigenvalue weighted by atomic mass is 9.83. The topological polar surface area (TPSA) is 160 Å². The van der Waals surface area contributed by atoms with Crippen molar-refractivity contribution in [3.63, 3.8) is 0 Å². The molecule has 5 amide bonds. The molecule has 4 atom stereocenters. The fourth-order valence-electron chi connectivity index (χ4n) is 6.92. The highest BCUT2D eigenvalue weighted by Crippen LogP contribution is 2.29. The molecule has 276 valence electrons. The van der Waals surface area contributed by atoms with Crippen LogP contribution in [-0.4, -0.2) is 118 Å². The molecule has 13 heteroatoms. The molecule has 1 aromatic heterocycles. The second-order valence-corrected chi connectivity index (χ2v) is 14.2. The third kappa shape index (κ3) is 11.5. The van der Waals surface area contributed by atoms with Crippen LogP contribution < -0.4 is 10.6 Å². The van der Waals surface area contributed by atoms with E-state index < -0.39 is 36.3 Å². The maximum absolute atomic E-state index is 14.3. The van der Waals surface area contributed by atoms with Gasteiger partial charge in [0.25, 0.3) is 5.91 Å². The summed E-state index contributed by atoms with van der Waals surface area (Å²) in [5.74, 6) is -0.0670. The quantitative estimate of drug-likeness (QED) is 0.221. The summed E-state index contributed by atoms with van der Waals surface area (Å²) in [7, 11) is 3.12. The Labute approximate surface area is 296 Å². The van der Waals surface area contributed by atoms with E-state index in [-0.39, 0.29) is 37.9 Å². The molecule has 0 radical (unpaired) electrons. The minimum atomic E-state index is -1.21.